The molecule has 1 unspecified atom stereocenters. The number of thiophene rings is 1. The van der Waals surface area contributed by atoms with Gasteiger partial charge in [-0.25, -0.2) is 0 Å². The second-order valence-corrected chi connectivity index (χ2v) is 6.13. The van der Waals surface area contributed by atoms with Crippen LogP contribution in [0.15, 0.2) is 41.8 Å². The van der Waals surface area contributed by atoms with Crippen LogP contribution in [0.2, 0.25) is 0 Å². The van der Waals surface area contributed by atoms with E-state index in [0.717, 1.165) is 13.1 Å². The van der Waals surface area contributed by atoms with Crippen molar-refractivity contribution in [2.75, 3.05) is 20.6 Å². The Bertz CT molecular complexity index is 490. The molecule has 1 aromatic carbocycles. The fourth-order valence-electron chi connectivity index (χ4n) is 2.14. The Morgan fingerprint density at radius 1 is 1.16 bits per heavy atom. The molecule has 0 radical (unpaired) electrons. The van der Waals surface area contributed by atoms with Crippen LogP contribution >= 0.6 is 11.3 Å². The summed E-state index contributed by atoms with van der Waals surface area (Å²) in [5.74, 6) is 0. The molecule has 0 saturated carbocycles. The van der Waals surface area contributed by atoms with Crippen LogP contribution in [0.3, 0.4) is 0 Å². The Labute approximate surface area is 120 Å². The largest absolute Gasteiger partial charge is 0.308 e. The average molecular weight is 274 g/mol. The lowest BCUT2D eigenvalue weighted by atomic mass is 10.1. The van der Waals surface area contributed by atoms with Crippen LogP contribution in [0.4, 0.5) is 0 Å². The van der Waals surface area contributed by atoms with E-state index < -0.39 is 0 Å². The Morgan fingerprint density at radius 2 is 1.89 bits per heavy atom. The van der Waals surface area contributed by atoms with Crippen LogP contribution in [0.5, 0.6) is 0 Å². The number of likely N-dealkylation sites (N-methyl/N-ethyl adjacent to an activating group) is 1. The molecule has 0 amide bonds. The maximum atomic E-state index is 3.68. The van der Waals surface area contributed by atoms with Gasteiger partial charge in [-0.1, -0.05) is 30.3 Å². The summed E-state index contributed by atoms with van der Waals surface area (Å²) in [7, 11) is 4.24. The van der Waals surface area contributed by atoms with Gasteiger partial charge in [0.1, 0.15) is 0 Å². The Balaban J connectivity index is 2.04. The van der Waals surface area contributed by atoms with Crippen molar-refractivity contribution < 1.29 is 0 Å². The van der Waals surface area contributed by atoms with Gasteiger partial charge in [0.15, 0.2) is 0 Å². The molecule has 102 valence electrons. The number of aryl methyl sites for hydroxylation is 1. The van der Waals surface area contributed by atoms with Crippen LogP contribution in [0.1, 0.15) is 22.0 Å². The Hall–Kier alpha value is -1.16. The van der Waals surface area contributed by atoms with Gasteiger partial charge in [-0.15, -0.1) is 11.3 Å². The molecule has 2 aromatic rings. The van der Waals surface area contributed by atoms with Gasteiger partial charge in [0.25, 0.3) is 0 Å². The third kappa shape index (κ3) is 4.16. The first-order chi connectivity index (χ1) is 9.16. The summed E-state index contributed by atoms with van der Waals surface area (Å²) in [5.41, 5.74) is 2.74. The zero-order valence-electron chi connectivity index (χ0n) is 11.9. The second-order valence-electron chi connectivity index (χ2n) is 5.13. The molecule has 2 rings (SSSR count). The van der Waals surface area contributed by atoms with Crippen LogP contribution < -0.4 is 5.32 Å². The van der Waals surface area contributed by atoms with Crippen molar-refractivity contribution in [1.29, 1.82) is 0 Å². The predicted octanol–water partition coefficient (Wildman–Crippen LogP) is 3.45. The number of hydrogen-bond donors (Lipinski definition) is 1. The van der Waals surface area contributed by atoms with E-state index in [0.29, 0.717) is 6.04 Å². The lowest BCUT2D eigenvalue weighted by Crippen LogP contribution is -2.30. The molecule has 0 aliphatic heterocycles. The minimum atomic E-state index is 0.373. The van der Waals surface area contributed by atoms with Gasteiger partial charge in [-0.05, 0) is 43.6 Å². The van der Waals surface area contributed by atoms with Crippen molar-refractivity contribution in [3.63, 3.8) is 0 Å². The highest BCUT2D eigenvalue weighted by Crippen LogP contribution is 2.18. The fourth-order valence-corrected chi connectivity index (χ4v) is 3.00. The minimum absolute atomic E-state index is 0.373. The molecule has 1 N–H and O–H groups in total. The van der Waals surface area contributed by atoms with E-state index in [9.17, 15) is 0 Å². The van der Waals surface area contributed by atoms with Gasteiger partial charge in [0, 0.05) is 24.0 Å². The fraction of sp³-hybridized carbons (Fsp3) is 0.375. The van der Waals surface area contributed by atoms with Crippen molar-refractivity contribution in [3.8, 4) is 0 Å². The number of nitrogens with one attached hydrogen (secondary N) is 1. The van der Waals surface area contributed by atoms with Crippen LogP contribution in [0.25, 0.3) is 0 Å². The molecule has 1 atom stereocenters. The average Bonchev–Trinajstić information content (AvgIpc) is 2.81. The predicted molar refractivity (Wildman–Crippen MR) is 83.6 cm³/mol. The maximum Gasteiger partial charge on any atom is 0.0451 e. The van der Waals surface area contributed by atoms with Crippen molar-refractivity contribution in [2.24, 2.45) is 0 Å². The molecule has 0 aliphatic carbocycles. The summed E-state index contributed by atoms with van der Waals surface area (Å²) in [6, 6.07) is 13.2. The first kappa shape index (κ1) is 14.3. The summed E-state index contributed by atoms with van der Waals surface area (Å²) < 4.78 is 0. The normalized spacial score (nSPS) is 12.8. The minimum Gasteiger partial charge on any atom is -0.308 e. The summed E-state index contributed by atoms with van der Waals surface area (Å²) in [5, 5.41) is 5.84. The molecule has 1 aromatic heterocycles. The highest BCUT2D eigenvalue weighted by atomic mass is 32.1. The molecule has 19 heavy (non-hydrogen) atoms. The molecule has 0 bridgehead atoms. The highest BCUT2D eigenvalue weighted by molar-refractivity contribution is 7.10. The lowest BCUT2D eigenvalue weighted by Gasteiger charge is -2.23. The van der Waals surface area contributed by atoms with Crippen LogP contribution in [0, 0.1) is 6.92 Å². The summed E-state index contributed by atoms with van der Waals surface area (Å²) >= 11 is 1.83. The standard InChI is InChI=1S/C16H22N2S/c1-13-9-10-19-16(13)11-17-15(12-18(2)3)14-7-5-4-6-8-14/h4-10,15,17H,11-12H2,1-3H3. The second kappa shape index (κ2) is 6.85. The first-order valence-electron chi connectivity index (χ1n) is 6.63. The number of hydrogen-bond acceptors (Lipinski definition) is 3. The molecule has 2 nitrogen and oxygen atoms in total. The van der Waals surface area contributed by atoms with Gasteiger partial charge in [0.05, 0.1) is 0 Å². The van der Waals surface area contributed by atoms with Gasteiger partial charge in [-0.2, -0.15) is 0 Å². The highest BCUT2D eigenvalue weighted by Gasteiger charge is 2.12. The van der Waals surface area contributed by atoms with E-state index in [1.165, 1.54) is 16.0 Å². The topological polar surface area (TPSA) is 15.3 Å². The Kier molecular flexibility index (Phi) is 5.14. The van der Waals surface area contributed by atoms with Crippen molar-refractivity contribution in [3.05, 3.63) is 57.8 Å². The van der Waals surface area contributed by atoms with Crippen LogP contribution in [-0.4, -0.2) is 25.5 Å². The molecule has 0 fully saturated rings. The quantitative estimate of drug-likeness (QED) is 0.868. The van der Waals surface area contributed by atoms with Gasteiger partial charge in [-0.3, -0.25) is 0 Å². The zero-order chi connectivity index (χ0) is 13.7. The SMILES string of the molecule is Cc1ccsc1CNC(CN(C)C)c1ccccc1. The molecule has 0 aliphatic rings. The number of rotatable bonds is 6. The van der Waals surface area contributed by atoms with Gasteiger partial charge < -0.3 is 10.2 Å². The van der Waals surface area contributed by atoms with Gasteiger partial charge in [0.2, 0.25) is 0 Å². The summed E-state index contributed by atoms with van der Waals surface area (Å²) in [4.78, 5) is 3.66. The third-order valence-corrected chi connectivity index (χ3v) is 4.25. The van der Waals surface area contributed by atoms with E-state index >= 15 is 0 Å². The first-order valence-corrected chi connectivity index (χ1v) is 7.51. The summed E-state index contributed by atoms with van der Waals surface area (Å²) in [6.45, 7) is 4.13. The smallest absolute Gasteiger partial charge is 0.0451 e. The van der Waals surface area contributed by atoms with E-state index in [-0.39, 0.29) is 0 Å². The van der Waals surface area contributed by atoms with E-state index in [1.54, 1.807) is 0 Å². The number of benzene rings is 1. The molecule has 3 heteroatoms. The zero-order valence-corrected chi connectivity index (χ0v) is 12.7. The molecular weight excluding hydrogens is 252 g/mol. The van der Waals surface area contributed by atoms with E-state index in [1.807, 2.05) is 11.3 Å². The van der Waals surface area contributed by atoms with Crippen molar-refractivity contribution >= 4 is 11.3 Å². The molecule has 1 heterocycles. The van der Waals surface area contributed by atoms with E-state index in [4.69, 9.17) is 0 Å². The lowest BCUT2D eigenvalue weighted by molar-refractivity contribution is 0.341. The monoisotopic (exact) mass is 274 g/mol. The molecular formula is C16H22N2S. The maximum absolute atomic E-state index is 3.68. The Morgan fingerprint density at radius 3 is 2.47 bits per heavy atom. The van der Waals surface area contributed by atoms with E-state index in [2.05, 4.69) is 73.0 Å². The summed E-state index contributed by atoms with van der Waals surface area (Å²) in [6.07, 6.45) is 0. The van der Waals surface area contributed by atoms with Crippen LogP contribution in [-0.2, 0) is 6.54 Å². The van der Waals surface area contributed by atoms with Crippen molar-refractivity contribution in [2.45, 2.75) is 19.5 Å². The number of nitrogens with zero attached hydrogens (tertiary/aromatic N) is 1. The van der Waals surface area contributed by atoms with Crippen molar-refractivity contribution in [1.82, 2.24) is 10.2 Å². The third-order valence-electron chi connectivity index (χ3n) is 3.23. The molecule has 0 saturated heterocycles. The van der Waals surface area contributed by atoms with Gasteiger partial charge >= 0.3 is 0 Å². The molecule has 0 spiro atoms.